The van der Waals surface area contributed by atoms with Crippen molar-refractivity contribution in [1.29, 1.82) is 0 Å². The van der Waals surface area contributed by atoms with Crippen LogP contribution < -0.4 is 17.0 Å². The molecule has 3 nitrogen and oxygen atoms in total. The summed E-state index contributed by atoms with van der Waals surface area (Å²) in [5, 5.41) is 0. The number of hydrogen-bond donors (Lipinski definition) is 3. The fraction of sp³-hybridized carbons (Fsp3) is 0.167. The lowest BCUT2D eigenvalue weighted by Gasteiger charge is -2.10. The molecule has 0 saturated heterocycles. The molecule has 0 amide bonds. The Morgan fingerprint density at radius 3 is 2.89 bits per heavy atom. The van der Waals surface area contributed by atoms with Gasteiger partial charge in [-0.3, -0.25) is 5.84 Å². The largest absolute Gasteiger partial charge is 0.326 e. The number of hydrazine groups is 1. The topological polar surface area (TPSA) is 64.1 Å². The molecule has 0 fully saturated rings. The zero-order valence-electron chi connectivity index (χ0n) is 4.96. The van der Waals surface area contributed by atoms with Crippen LogP contribution in [0.5, 0.6) is 0 Å². The maximum atomic E-state index is 5.54. The Bertz CT molecular complexity index is 186. The van der Waals surface area contributed by atoms with Crippen LogP contribution >= 0.6 is 0 Å². The molecule has 0 spiro atoms. The SMILES string of the molecule is NNC1=CC=C=CC1N. The summed E-state index contributed by atoms with van der Waals surface area (Å²) in [6, 6.07) is -0.125. The highest BCUT2D eigenvalue weighted by Crippen LogP contribution is 1.99. The molecule has 1 unspecified atom stereocenters. The lowest BCUT2D eigenvalue weighted by molar-refractivity contribution is 0.776. The fourth-order valence-corrected chi connectivity index (χ4v) is 0.642. The lowest BCUT2D eigenvalue weighted by atomic mass is 10.1. The van der Waals surface area contributed by atoms with Crippen LogP contribution in [0.4, 0.5) is 0 Å². The standard InChI is InChI=1S/C6H9N3/c7-5-3-1-2-4-6(5)9-8/h2-5,9H,7-8H2. The fourth-order valence-electron chi connectivity index (χ4n) is 0.642. The van der Waals surface area contributed by atoms with Gasteiger partial charge in [0.1, 0.15) is 0 Å². The maximum Gasteiger partial charge on any atom is 0.0719 e. The van der Waals surface area contributed by atoms with Crippen molar-refractivity contribution >= 4 is 0 Å². The van der Waals surface area contributed by atoms with Crippen LogP contribution in [0.2, 0.25) is 0 Å². The molecule has 0 aromatic carbocycles. The van der Waals surface area contributed by atoms with E-state index in [-0.39, 0.29) is 6.04 Å². The Morgan fingerprint density at radius 1 is 1.67 bits per heavy atom. The van der Waals surface area contributed by atoms with Crippen LogP contribution in [-0.4, -0.2) is 6.04 Å². The number of nitrogens with two attached hydrogens (primary N) is 2. The second-order valence-electron chi connectivity index (χ2n) is 1.79. The molecule has 3 heteroatoms. The summed E-state index contributed by atoms with van der Waals surface area (Å²) < 4.78 is 0. The molecular weight excluding hydrogens is 114 g/mol. The van der Waals surface area contributed by atoms with Gasteiger partial charge in [0, 0.05) is 5.70 Å². The monoisotopic (exact) mass is 123 g/mol. The Morgan fingerprint density at radius 2 is 2.44 bits per heavy atom. The Kier molecular flexibility index (Phi) is 1.70. The lowest BCUT2D eigenvalue weighted by Crippen LogP contribution is -2.34. The predicted molar refractivity (Wildman–Crippen MR) is 36.0 cm³/mol. The normalized spacial score (nSPS) is 23.8. The van der Waals surface area contributed by atoms with Crippen molar-refractivity contribution in [2.45, 2.75) is 6.04 Å². The van der Waals surface area contributed by atoms with Gasteiger partial charge in [-0.1, -0.05) is 0 Å². The molecule has 1 aliphatic carbocycles. The maximum absolute atomic E-state index is 5.54. The first-order chi connectivity index (χ1) is 4.34. The van der Waals surface area contributed by atoms with E-state index in [0.29, 0.717) is 0 Å². The van der Waals surface area contributed by atoms with Gasteiger partial charge in [0.2, 0.25) is 0 Å². The van der Waals surface area contributed by atoms with Gasteiger partial charge in [-0.15, -0.1) is 5.73 Å². The Balaban J connectivity index is 2.76. The first-order valence-corrected chi connectivity index (χ1v) is 2.69. The van der Waals surface area contributed by atoms with E-state index >= 15 is 0 Å². The van der Waals surface area contributed by atoms with E-state index in [1.807, 2.05) is 0 Å². The van der Waals surface area contributed by atoms with E-state index in [0.717, 1.165) is 5.70 Å². The van der Waals surface area contributed by atoms with Gasteiger partial charge in [0.25, 0.3) is 0 Å². The van der Waals surface area contributed by atoms with Gasteiger partial charge in [0.15, 0.2) is 0 Å². The third-order valence-corrected chi connectivity index (χ3v) is 1.16. The molecule has 1 rings (SSSR count). The summed E-state index contributed by atoms with van der Waals surface area (Å²) in [6.45, 7) is 0. The average molecular weight is 123 g/mol. The highest BCUT2D eigenvalue weighted by molar-refractivity contribution is 5.24. The van der Waals surface area contributed by atoms with E-state index in [4.69, 9.17) is 11.6 Å². The highest BCUT2D eigenvalue weighted by atomic mass is 15.2. The van der Waals surface area contributed by atoms with Crippen molar-refractivity contribution in [2.24, 2.45) is 11.6 Å². The van der Waals surface area contributed by atoms with Crippen molar-refractivity contribution in [3.05, 3.63) is 29.7 Å². The molecule has 0 aromatic rings. The minimum atomic E-state index is -0.125. The third kappa shape index (κ3) is 1.21. The van der Waals surface area contributed by atoms with Gasteiger partial charge in [0.05, 0.1) is 6.04 Å². The van der Waals surface area contributed by atoms with E-state index in [1.165, 1.54) is 0 Å². The molecule has 0 heterocycles. The van der Waals surface area contributed by atoms with Gasteiger partial charge in [-0.05, 0) is 18.2 Å². The number of rotatable bonds is 1. The van der Waals surface area contributed by atoms with Crippen molar-refractivity contribution in [3.8, 4) is 0 Å². The zero-order chi connectivity index (χ0) is 6.69. The van der Waals surface area contributed by atoms with Crippen molar-refractivity contribution < 1.29 is 0 Å². The second-order valence-corrected chi connectivity index (χ2v) is 1.79. The molecule has 48 valence electrons. The van der Waals surface area contributed by atoms with E-state index < -0.39 is 0 Å². The first-order valence-electron chi connectivity index (χ1n) is 2.69. The molecule has 1 atom stereocenters. The van der Waals surface area contributed by atoms with Gasteiger partial charge in [-0.25, -0.2) is 0 Å². The summed E-state index contributed by atoms with van der Waals surface area (Å²) in [5.74, 6) is 5.13. The van der Waals surface area contributed by atoms with Crippen LogP contribution in [0.3, 0.4) is 0 Å². The van der Waals surface area contributed by atoms with Crippen molar-refractivity contribution in [3.63, 3.8) is 0 Å². The van der Waals surface area contributed by atoms with Gasteiger partial charge in [-0.2, -0.15) is 0 Å². The smallest absolute Gasteiger partial charge is 0.0719 e. The quantitative estimate of drug-likeness (QED) is 0.247. The molecule has 0 radical (unpaired) electrons. The van der Waals surface area contributed by atoms with E-state index in [1.54, 1.807) is 18.2 Å². The summed E-state index contributed by atoms with van der Waals surface area (Å²) in [4.78, 5) is 0. The van der Waals surface area contributed by atoms with Gasteiger partial charge < -0.3 is 11.2 Å². The number of hydrogen-bond acceptors (Lipinski definition) is 3. The molecule has 0 aliphatic heterocycles. The summed E-state index contributed by atoms with van der Waals surface area (Å²) in [5.41, 5.74) is 11.7. The highest BCUT2D eigenvalue weighted by Gasteiger charge is 2.03. The summed E-state index contributed by atoms with van der Waals surface area (Å²) >= 11 is 0. The van der Waals surface area contributed by atoms with Crippen LogP contribution in [0.15, 0.2) is 29.7 Å². The molecule has 9 heavy (non-hydrogen) atoms. The predicted octanol–water partition coefficient (Wildman–Crippen LogP) is -0.614. The Hall–Kier alpha value is -1.02. The summed E-state index contributed by atoms with van der Waals surface area (Å²) in [6.07, 6.45) is 5.30. The van der Waals surface area contributed by atoms with Crippen LogP contribution in [0.25, 0.3) is 0 Å². The first kappa shape index (κ1) is 6.11. The summed E-state index contributed by atoms with van der Waals surface area (Å²) in [7, 11) is 0. The van der Waals surface area contributed by atoms with Crippen LogP contribution in [-0.2, 0) is 0 Å². The Labute approximate surface area is 53.7 Å². The molecule has 0 bridgehead atoms. The van der Waals surface area contributed by atoms with Crippen LogP contribution in [0.1, 0.15) is 0 Å². The molecule has 0 saturated carbocycles. The molecule has 0 aromatic heterocycles. The number of allylic oxidation sites excluding steroid dienone is 1. The number of nitrogens with one attached hydrogen (secondary N) is 1. The van der Waals surface area contributed by atoms with Crippen molar-refractivity contribution in [2.75, 3.05) is 0 Å². The minimum Gasteiger partial charge on any atom is -0.326 e. The zero-order valence-corrected chi connectivity index (χ0v) is 4.96. The minimum absolute atomic E-state index is 0.125. The molecular formula is C6H9N3. The average Bonchev–Trinajstić information content (AvgIpc) is 1.89. The second kappa shape index (κ2) is 2.51. The molecule has 5 N–H and O–H groups in total. The van der Waals surface area contributed by atoms with E-state index in [9.17, 15) is 0 Å². The van der Waals surface area contributed by atoms with Crippen LogP contribution in [0, 0.1) is 0 Å². The van der Waals surface area contributed by atoms with Gasteiger partial charge >= 0.3 is 0 Å². The van der Waals surface area contributed by atoms with Crippen molar-refractivity contribution in [1.82, 2.24) is 5.43 Å². The molecule has 1 aliphatic rings. The van der Waals surface area contributed by atoms with E-state index in [2.05, 4.69) is 11.2 Å². The third-order valence-electron chi connectivity index (χ3n) is 1.16.